The maximum atomic E-state index is 12.7. The molecule has 2 aromatic rings. The lowest BCUT2D eigenvalue weighted by atomic mass is 9.49. The average Bonchev–Trinajstić information content (AvgIpc) is 2.82. The summed E-state index contributed by atoms with van der Waals surface area (Å²) in [6, 6.07) is 14.8. The highest BCUT2D eigenvalue weighted by atomic mass is 16.5. The molecule has 4 bridgehead atoms. The number of hydrogen-bond acceptors (Lipinski definition) is 5. The molecule has 4 aliphatic rings. The largest absolute Gasteiger partial charge is 0.496 e. The van der Waals surface area contributed by atoms with Gasteiger partial charge < -0.3 is 9.47 Å². The van der Waals surface area contributed by atoms with Gasteiger partial charge in [0.2, 0.25) is 5.91 Å². The van der Waals surface area contributed by atoms with Crippen LogP contribution in [0.1, 0.15) is 61.6 Å². The molecule has 34 heavy (non-hydrogen) atoms. The predicted molar refractivity (Wildman–Crippen MR) is 129 cm³/mol. The molecule has 6 rings (SSSR count). The van der Waals surface area contributed by atoms with Crippen LogP contribution in [0.4, 0.5) is 0 Å². The van der Waals surface area contributed by atoms with E-state index in [0.717, 1.165) is 34.6 Å². The van der Waals surface area contributed by atoms with Crippen LogP contribution >= 0.6 is 0 Å². The molecular formula is C28H31N3O3. The summed E-state index contributed by atoms with van der Waals surface area (Å²) in [4.78, 5) is 12.7. The van der Waals surface area contributed by atoms with E-state index >= 15 is 0 Å². The maximum Gasteiger partial charge on any atom is 0.240 e. The molecule has 0 spiro atoms. The molecule has 4 saturated carbocycles. The summed E-state index contributed by atoms with van der Waals surface area (Å²) >= 11 is 0. The summed E-state index contributed by atoms with van der Waals surface area (Å²) in [6.45, 7) is 0.315. The Labute approximate surface area is 201 Å². The first-order chi connectivity index (χ1) is 16.5. The van der Waals surface area contributed by atoms with Crippen LogP contribution < -0.4 is 14.9 Å². The molecule has 1 N–H and O–H groups in total. The number of nitriles is 1. The Kier molecular flexibility index (Phi) is 6.28. The first-order valence-electron chi connectivity index (χ1n) is 12.2. The van der Waals surface area contributed by atoms with Crippen molar-refractivity contribution in [3.05, 3.63) is 59.2 Å². The summed E-state index contributed by atoms with van der Waals surface area (Å²) in [5.41, 5.74) is 5.30. The lowest BCUT2D eigenvalue weighted by molar-refractivity contribution is -0.129. The number of carbonyl (C=O) groups excluding carboxylic acids is 1. The van der Waals surface area contributed by atoms with Crippen molar-refractivity contribution in [1.82, 2.24) is 5.43 Å². The van der Waals surface area contributed by atoms with Crippen molar-refractivity contribution in [2.75, 3.05) is 7.11 Å². The standard InChI is InChI=1S/C28H31N3O3/c1-33-26-7-4-20(11-24(26)18-34-25-5-2-19(16-29)3-6-25)17-30-31-27(32)15-28-12-21-8-22(13-28)10-23(9-21)14-28/h2-7,11,17,21-23H,8-10,12-15,18H2,1H3,(H,31,32)/b30-17-. The average molecular weight is 458 g/mol. The fraction of sp³-hybridized carbons (Fsp3) is 0.464. The van der Waals surface area contributed by atoms with Crippen LogP contribution in [0.2, 0.25) is 0 Å². The number of nitrogens with zero attached hydrogens (tertiary/aromatic N) is 2. The summed E-state index contributed by atoms with van der Waals surface area (Å²) < 4.78 is 11.3. The second kappa shape index (κ2) is 9.50. The van der Waals surface area contributed by atoms with Crippen LogP contribution in [-0.2, 0) is 11.4 Å². The van der Waals surface area contributed by atoms with Crippen molar-refractivity contribution in [1.29, 1.82) is 5.26 Å². The van der Waals surface area contributed by atoms with Gasteiger partial charge >= 0.3 is 0 Å². The molecule has 0 aromatic heterocycles. The number of benzene rings is 2. The summed E-state index contributed by atoms with van der Waals surface area (Å²) in [7, 11) is 1.62. The normalized spacial score (nSPS) is 26.9. The van der Waals surface area contributed by atoms with E-state index in [-0.39, 0.29) is 11.3 Å². The van der Waals surface area contributed by atoms with Crippen molar-refractivity contribution >= 4 is 12.1 Å². The summed E-state index contributed by atoms with van der Waals surface area (Å²) in [5.74, 6) is 3.94. The van der Waals surface area contributed by atoms with Crippen LogP contribution in [-0.4, -0.2) is 19.2 Å². The molecule has 4 fully saturated rings. The quantitative estimate of drug-likeness (QED) is 0.436. The minimum absolute atomic E-state index is 0.0242. The second-order valence-corrected chi connectivity index (χ2v) is 10.4. The number of rotatable bonds is 8. The molecule has 1 amide bonds. The lowest BCUT2D eigenvalue weighted by Gasteiger charge is -2.56. The number of hydrogen-bond donors (Lipinski definition) is 1. The molecule has 176 valence electrons. The van der Waals surface area contributed by atoms with Crippen molar-refractivity contribution in [3.63, 3.8) is 0 Å². The molecular weight excluding hydrogens is 426 g/mol. The van der Waals surface area contributed by atoms with Crippen molar-refractivity contribution in [2.24, 2.45) is 28.3 Å². The number of nitrogens with one attached hydrogen (secondary N) is 1. The minimum atomic E-state index is 0.0242. The van der Waals surface area contributed by atoms with Crippen LogP contribution in [0.15, 0.2) is 47.6 Å². The van der Waals surface area contributed by atoms with Crippen molar-refractivity contribution < 1.29 is 14.3 Å². The Morgan fingerprint density at radius 2 is 1.79 bits per heavy atom. The molecule has 0 heterocycles. The van der Waals surface area contributed by atoms with Gasteiger partial charge in [-0.15, -0.1) is 0 Å². The predicted octanol–water partition coefficient (Wildman–Crippen LogP) is 5.20. The molecule has 2 aromatic carbocycles. The minimum Gasteiger partial charge on any atom is -0.496 e. The van der Waals surface area contributed by atoms with Gasteiger partial charge in [-0.1, -0.05) is 0 Å². The van der Waals surface area contributed by atoms with E-state index in [1.165, 1.54) is 38.5 Å². The fourth-order valence-electron chi connectivity index (χ4n) is 6.84. The highest BCUT2D eigenvalue weighted by Gasteiger charge is 2.51. The van der Waals surface area contributed by atoms with Gasteiger partial charge in [0.15, 0.2) is 0 Å². The third-order valence-corrected chi connectivity index (χ3v) is 7.79. The zero-order valence-corrected chi connectivity index (χ0v) is 19.6. The molecule has 0 atom stereocenters. The first kappa shape index (κ1) is 22.5. The summed E-state index contributed by atoms with van der Waals surface area (Å²) in [5, 5.41) is 13.2. The highest BCUT2D eigenvalue weighted by molar-refractivity contribution is 5.83. The van der Waals surface area contributed by atoms with Crippen LogP contribution in [0.3, 0.4) is 0 Å². The van der Waals surface area contributed by atoms with Crippen LogP contribution in [0.5, 0.6) is 11.5 Å². The smallest absolute Gasteiger partial charge is 0.240 e. The van der Waals surface area contributed by atoms with E-state index < -0.39 is 0 Å². The van der Waals surface area contributed by atoms with E-state index in [1.54, 1.807) is 37.6 Å². The van der Waals surface area contributed by atoms with E-state index in [1.807, 2.05) is 18.2 Å². The van der Waals surface area contributed by atoms with Gasteiger partial charge in [0.1, 0.15) is 18.1 Å². The van der Waals surface area contributed by atoms with Gasteiger partial charge in [-0.25, -0.2) is 5.43 Å². The van der Waals surface area contributed by atoms with Crippen LogP contribution in [0, 0.1) is 34.5 Å². The van der Waals surface area contributed by atoms with Gasteiger partial charge in [0, 0.05) is 12.0 Å². The number of amides is 1. The Hall–Kier alpha value is -3.33. The van der Waals surface area contributed by atoms with Crippen molar-refractivity contribution in [3.8, 4) is 17.6 Å². The molecule has 0 saturated heterocycles. The zero-order valence-electron chi connectivity index (χ0n) is 19.6. The SMILES string of the molecule is COc1ccc(/C=N\NC(=O)CC23CC4CC(CC(C4)C2)C3)cc1COc1ccc(C#N)cc1. The second-order valence-electron chi connectivity index (χ2n) is 10.4. The van der Waals surface area contributed by atoms with E-state index in [9.17, 15) is 4.79 Å². The third kappa shape index (κ3) is 4.94. The Morgan fingerprint density at radius 1 is 1.12 bits per heavy atom. The molecule has 0 aliphatic heterocycles. The summed E-state index contributed by atoms with van der Waals surface area (Å²) in [6.07, 6.45) is 10.1. The van der Waals surface area contributed by atoms with Gasteiger partial charge in [-0.2, -0.15) is 10.4 Å². The number of methoxy groups -OCH3 is 1. The van der Waals surface area contributed by atoms with E-state index in [0.29, 0.717) is 24.3 Å². The number of ether oxygens (including phenoxy) is 2. The topological polar surface area (TPSA) is 83.7 Å². The molecule has 4 aliphatic carbocycles. The number of carbonyl (C=O) groups is 1. The van der Waals surface area contributed by atoms with E-state index in [2.05, 4.69) is 16.6 Å². The third-order valence-electron chi connectivity index (χ3n) is 7.79. The van der Waals surface area contributed by atoms with Gasteiger partial charge in [0.25, 0.3) is 0 Å². The highest BCUT2D eigenvalue weighted by Crippen LogP contribution is 2.61. The maximum absolute atomic E-state index is 12.7. The molecule has 0 radical (unpaired) electrons. The Bertz CT molecular complexity index is 1080. The zero-order chi connectivity index (χ0) is 23.5. The van der Waals surface area contributed by atoms with Gasteiger partial charge in [0.05, 0.1) is 25.0 Å². The van der Waals surface area contributed by atoms with Crippen LogP contribution in [0.25, 0.3) is 0 Å². The lowest BCUT2D eigenvalue weighted by Crippen LogP contribution is -2.47. The van der Waals surface area contributed by atoms with Gasteiger partial charge in [-0.05, 0) is 110 Å². The first-order valence-corrected chi connectivity index (χ1v) is 12.2. The Morgan fingerprint density at radius 3 is 2.41 bits per heavy atom. The molecule has 6 nitrogen and oxygen atoms in total. The Balaban J connectivity index is 1.18. The molecule has 0 unspecified atom stereocenters. The number of hydrazone groups is 1. The van der Waals surface area contributed by atoms with Gasteiger partial charge in [-0.3, -0.25) is 4.79 Å². The molecule has 6 heteroatoms. The monoisotopic (exact) mass is 457 g/mol. The van der Waals surface area contributed by atoms with E-state index in [4.69, 9.17) is 14.7 Å². The fourth-order valence-corrected chi connectivity index (χ4v) is 6.84. The van der Waals surface area contributed by atoms with Crippen molar-refractivity contribution in [2.45, 2.75) is 51.6 Å².